The van der Waals surface area contributed by atoms with Crippen LogP contribution in [0.3, 0.4) is 0 Å². The van der Waals surface area contributed by atoms with E-state index in [9.17, 15) is 0 Å². The first-order valence-corrected chi connectivity index (χ1v) is 6.54. The van der Waals surface area contributed by atoms with Crippen LogP contribution in [-0.4, -0.2) is 0 Å². The molecule has 0 aromatic heterocycles. The predicted octanol–water partition coefficient (Wildman–Crippen LogP) is 4.46. The summed E-state index contributed by atoms with van der Waals surface area (Å²) < 4.78 is 0. The third-order valence-corrected chi connectivity index (χ3v) is 4.53. The van der Waals surface area contributed by atoms with Gasteiger partial charge in [0.15, 0.2) is 0 Å². The molecule has 0 saturated heterocycles. The Bertz CT molecular complexity index is 490. The van der Waals surface area contributed by atoms with Gasteiger partial charge in [0.1, 0.15) is 0 Å². The highest BCUT2D eigenvalue weighted by Crippen LogP contribution is 2.47. The van der Waals surface area contributed by atoms with Crippen LogP contribution in [0.15, 0.2) is 54.6 Å². The van der Waals surface area contributed by atoms with Crippen molar-refractivity contribution in [2.45, 2.75) is 17.2 Å². The Morgan fingerprint density at radius 2 is 1.62 bits per heavy atom. The molecule has 1 aliphatic carbocycles. The molecule has 0 bridgehead atoms. The van der Waals surface area contributed by atoms with Crippen molar-refractivity contribution in [1.29, 1.82) is 0 Å². The molecule has 16 heavy (non-hydrogen) atoms. The second kappa shape index (κ2) is 4.06. The lowest BCUT2D eigenvalue weighted by atomic mass is 9.74. The number of hydrogen-bond donors (Lipinski definition) is 0. The molecule has 1 heteroatoms. The minimum absolute atomic E-state index is 0.448. The van der Waals surface area contributed by atoms with Gasteiger partial charge in [0, 0.05) is 10.7 Å². The highest BCUT2D eigenvalue weighted by atomic mass is 79.9. The normalized spacial score (nSPS) is 19.7. The van der Waals surface area contributed by atoms with E-state index in [1.54, 1.807) is 0 Å². The predicted molar refractivity (Wildman–Crippen MR) is 71.0 cm³/mol. The van der Waals surface area contributed by atoms with Crippen molar-refractivity contribution in [3.05, 3.63) is 71.3 Å². The maximum absolute atomic E-state index is 3.83. The van der Waals surface area contributed by atoms with Gasteiger partial charge in [-0.05, 0) is 23.1 Å². The van der Waals surface area contributed by atoms with E-state index in [1.807, 2.05) is 0 Å². The van der Waals surface area contributed by atoms with Gasteiger partial charge in [0.05, 0.1) is 0 Å². The minimum Gasteiger partial charge on any atom is -0.0832 e. The van der Waals surface area contributed by atoms with Crippen molar-refractivity contribution < 1.29 is 0 Å². The third kappa shape index (κ3) is 1.60. The van der Waals surface area contributed by atoms with E-state index in [0.29, 0.717) is 10.7 Å². The topological polar surface area (TPSA) is 0 Å². The molecule has 2 aromatic rings. The first kappa shape index (κ1) is 10.1. The SMILES string of the molecule is BrC(c1ccccc1)C1Cc2ccccc21. The molecule has 2 unspecified atom stereocenters. The van der Waals surface area contributed by atoms with E-state index in [4.69, 9.17) is 0 Å². The maximum atomic E-state index is 3.83. The Morgan fingerprint density at radius 1 is 0.938 bits per heavy atom. The zero-order valence-corrected chi connectivity index (χ0v) is 10.5. The summed E-state index contributed by atoms with van der Waals surface area (Å²) in [5.74, 6) is 0.638. The van der Waals surface area contributed by atoms with E-state index < -0.39 is 0 Å². The van der Waals surface area contributed by atoms with E-state index in [-0.39, 0.29) is 0 Å². The first-order chi connectivity index (χ1) is 7.86. The fourth-order valence-electron chi connectivity index (χ4n) is 2.43. The van der Waals surface area contributed by atoms with Crippen LogP contribution in [0.5, 0.6) is 0 Å². The molecule has 1 aliphatic rings. The molecule has 0 nitrogen and oxygen atoms in total. The van der Waals surface area contributed by atoms with E-state index in [1.165, 1.54) is 23.1 Å². The number of rotatable bonds is 2. The van der Waals surface area contributed by atoms with E-state index in [2.05, 4.69) is 70.5 Å². The highest BCUT2D eigenvalue weighted by molar-refractivity contribution is 9.09. The van der Waals surface area contributed by atoms with Crippen molar-refractivity contribution in [1.82, 2.24) is 0 Å². The Kier molecular flexibility index (Phi) is 2.56. The zero-order valence-electron chi connectivity index (χ0n) is 8.94. The molecule has 0 N–H and O–H groups in total. The van der Waals surface area contributed by atoms with E-state index >= 15 is 0 Å². The summed E-state index contributed by atoms with van der Waals surface area (Å²) in [5, 5.41) is 0. The van der Waals surface area contributed by atoms with Crippen LogP contribution < -0.4 is 0 Å². The Labute approximate surface area is 104 Å². The Balaban J connectivity index is 1.87. The summed E-state index contributed by atoms with van der Waals surface area (Å²) in [6.07, 6.45) is 1.20. The molecular weight excluding hydrogens is 260 g/mol. The van der Waals surface area contributed by atoms with Gasteiger partial charge in [-0.1, -0.05) is 70.5 Å². The fraction of sp³-hybridized carbons (Fsp3) is 0.200. The lowest BCUT2D eigenvalue weighted by Crippen LogP contribution is -2.20. The highest BCUT2D eigenvalue weighted by Gasteiger charge is 2.31. The summed E-state index contributed by atoms with van der Waals surface area (Å²) in [4.78, 5) is 0.448. The van der Waals surface area contributed by atoms with Gasteiger partial charge in [0.25, 0.3) is 0 Å². The van der Waals surface area contributed by atoms with Crippen molar-refractivity contribution in [2.24, 2.45) is 0 Å². The molecule has 80 valence electrons. The monoisotopic (exact) mass is 272 g/mol. The lowest BCUT2D eigenvalue weighted by molar-refractivity contribution is 0.600. The molecule has 0 saturated carbocycles. The van der Waals surface area contributed by atoms with Gasteiger partial charge >= 0.3 is 0 Å². The molecule has 0 heterocycles. The summed E-state index contributed by atoms with van der Waals surface area (Å²) in [7, 11) is 0. The molecular formula is C15H13Br. The van der Waals surface area contributed by atoms with Crippen LogP contribution >= 0.6 is 15.9 Å². The molecule has 2 atom stereocenters. The molecule has 0 aliphatic heterocycles. The van der Waals surface area contributed by atoms with Crippen molar-refractivity contribution in [2.75, 3.05) is 0 Å². The summed E-state index contributed by atoms with van der Waals surface area (Å²) in [5.41, 5.74) is 4.39. The van der Waals surface area contributed by atoms with Gasteiger partial charge in [-0.15, -0.1) is 0 Å². The summed E-state index contributed by atoms with van der Waals surface area (Å²) in [6.45, 7) is 0. The van der Waals surface area contributed by atoms with Crippen LogP contribution in [0.4, 0.5) is 0 Å². The summed E-state index contributed by atoms with van der Waals surface area (Å²) >= 11 is 3.83. The van der Waals surface area contributed by atoms with Crippen LogP contribution in [0.25, 0.3) is 0 Å². The van der Waals surface area contributed by atoms with Crippen molar-refractivity contribution >= 4 is 15.9 Å². The van der Waals surface area contributed by atoms with Crippen LogP contribution in [0, 0.1) is 0 Å². The maximum Gasteiger partial charge on any atom is 0.0467 e. The molecule has 0 radical (unpaired) electrons. The van der Waals surface area contributed by atoms with Gasteiger partial charge in [-0.2, -0.15) is 0 Å². The molecule has 0 amide bonds. The molecule has 3 rings (SSSR count). The van der Waals surface area contributed by atoms with Crippen LogP contribution in [0.1, 0.15) is 27.4 Å². The zero-order chi connectivity index (χ0) is 11.0. The number of alkyl halides is 1. The van der Waals surface area contributed by atoms with Gasteiger partial charge in [-0.25, -0.2) is 0 Å². The standard InChI is InChI=1S/C15H13Br/c16-15(11-6-2-1-3-7-11)14-10-12-8-4-5-9-13(12)14/h1-9,14-15H,10H2. The Morgan fingerprint density at radius 3 is 2.38 bits per heavy atom. The fourth-order valence-corrected chi connectivity index (χ4v) is 3.20. The quantitative estimate of drug-likeness (QED) is 0.708. The average molecular weight is 273 g/mol. The molecule has 2 aromatic carbocycles. The molecule has 0 spiro atoms. The Hall–Kier alpha value is -1.08. The second-order valence-corrected chi connectivity index (χ2v) is 5.31. The first-order valence-electron chi connectivity index (χ1n) is 5.63. The number of hydrogen-bond acceptors (Lipinski definition) is 0. The third-order valence-electron chi connectivity index (χ3n) is 3.37. The molecule has 0 fully saturated rings. The van der Waals surface area contributed by atoms with Gasteiger partial charge < -0.3 is 0 Å². The largest absolute Gasteiger partial charge is 0.0832 e. The number of halogens is 1. The number of benzene rings is 2. The number of fused-ring (bicyclic) bond motifs is 1. The van der Waals surface area contributed by atoms with Gasteiger partial charge in [-0.3, -0.25) is 0 Å². The smallest absolute Gasteiger partial charge is 0.0467 e. The van der Waals surface area contributed by atoms with Crippen LogP contribution in [-0.2, 0) is 6.42 Å². The lowest BCUT2D eigenvalue weighted by Gasteiger charge is -2.34. The summed E-state index contributed by atoms with van der Waals surface area (Å²) in [6, 6.07) is 19.4. The van der Waals surface area contributed by atoms with Crippen LogP contribution in [0.2, 0.25) is 0 Å². The van der Waals surface area contributed by atoms with E-state index in [0.717, 1.165) is 0 Å². The second-order valence-electron chi connectivity index (χ2n) is 4.32. The minimum atomic E-state index is 0.448. The van der Waals surface area contributed by atoms with Crippen molar-refractivity contribution in [3.63, 3.8) is 0 Å². The van der Waals surface area contributed by atoms with Gasteiger partial charge in [0.2, 0.25) is 0 Å². The average Bonchev–Trinajstić information content (AvgIpc) is 2.32. The van der Waals surface area contributed by atoms with Crippen molar-refractivity contribution in [3.8, 4) is 0 Å².